The lowest BCUT2D eigenvalue weighted by Crippen LogP contribution is -1.27. The Bertz CT molecular complexity index is 2.00. The van der Waals surface area contributed by atoms with Gasteiger partial charge in [-0.2, -0.15) is 0 Å². The summed E-state index contributed by atoms with van der Waals surface area (Å²) in [7, 11) is 0. The summed E-state index contributed by atoms with van der Waals surface area (Å²) in [5, 5.41) is 0. The fraction of sp³-hybridized carbons (Fsp3) is 1.00. The van der Waals surface area contributed by atoms with Crippen molar-refractivity contribution in [1.29, 1.82) is 0 Å². The van der Waals surface area contributed by atoms with Gasteiger partial charge in [-0.05, 0) is 0 Å². The quantitative estimate of drug-likeness (QED) is 0.391. The summed E-state index contributed by atoms with van der Waals surface area (Å²) >= 11 is 0. The highest BCUT2D eigenvalue weighted by Crippen LogP contribution is 1.56. The minimum Gasteiger partial charge on any atom is -0.0776 e. The van der Waals surface area contributed by atoms with Gasteiger partial charge in [0.1, 0.15) is 0 Å². The Kier molecular flexibility index (Phi) is 2200. The Labute approximate surface area is 98.5 Å². The van der Waals surface area contributed by atoms with E-state index >= 15 is 0 Å². The summed E-state index contributed by atoms with van der Waals surface area (Å²) in [5.74, 6) is 0. The number of hydrogen-bond acceptors (Lipinski definition) is 0. The van der Waals surface area contributed by atoms with Gasteiger partial charge in [-0.15, -0.1) is 0 Å². The van der Waals surface area contributed by atoms with Crippen LogP contribution in [0.2, 0.25) is 0 Å². The maximum absolute atomic E-state index is 2.12. The van der Waals surface area contributed by atoms with Crippen molar-refractivity contribution in [2.24, 2.45) is 0 Å². The van der Waals surface area contributed by atoms with Crippen LogP contribution in [0.15, 0.2) is 0 Å². The Morgan fingerprint density at radius 1 is 0.429 bits per heavy atom. The van der Waals surface area contributed by atoms with E-state index in [9.17, 15) is 0 Å². The van der Waals surface area contributed by atoms with Crippen LogP contribution in [0.3, 0.4) is 0 Å². The molecule has 0 amide bonds. The Hall–Kier alpha value is 0. The van der Waals surface area contributed by atoms with Crippen molar-refractivity contribution in [3.8, 4) is 0 Å². The second kappa shape index (κ2) is 468. The molecule has 0 aromatic carbocycles. The average molecular weight is 213 g/mol. The highest BCUT2D eigenvalue weighted by atomic mass is 13.4. The fourth-order valence-electron chi connectivity index (χ4n) is 0. The molecule has 0 fully saturated rings. The van der Waals surface area contributed by atoms with Gasteiger partial charge in [0.05, 0.1) is 0 Å². The van der Waals surface area contributed by atoms with Gasteiger partial charge in [0, 0.05) is 0 Å². The molecule has 0 N–H and O–H groups in total. The summed E-state index contributed by atoms with van der Waals surface area (Å²) in [6.07, 6.45) is 2.50. The molecule has 0 spiro atoms. The molecular formula is C14H44. The van der Waals surface area contributed by atoms with E-state index in [-0.39, 0.29) is 29.7 Å². The van der Waals surface area contributed by atoms with E-state index in [2.05, 4.69) is 27.7 Å². The van der Waals surface area contributed by atoms with Crippen molar-refractivity contribution >= 4 is 0 Å². The smallest absolute Gasteiger partial charge is 0.0590 e. The van der Waals surface area contributed by atoms with Crippen molar-refractivity contribution in [2.75, 3.05) is 0 Å². The summed E-state index contributed by atoms with van der Waals surface area (Å²) in [4.78, 5) is 0. The van der Waals surface area contributed by atoms with Gasteiger partial charge in [-0.3, -0.25) is 0 Å². The monoisotopic (exact) mass is 212 g/mol. The predicted molar refractivity (Wildman–Crippen MR) is 81.6 cm³/mol. The second-order valence-corrected chi connectivity index (χ2v) is 1.41. The van der Waals surface area contributed by atoms with E-state index in [1.54, 1.807) is 0 Å². The molecule has 0 saturated carbocycles. The van der Waals surface area contributed by atoms with Crippen LogP contribution in [0.5, 0.6) is 0 Å². The molecule has 0 bridgehead atoms. The first-order valence-electron chi connectivity index (χ1n) is 4.83. The lowest BCUT2D eigenvalue weighted by Gasteiger charge is -1.48. The SMILES string of the molecule is C.C.C.C.CC.CC.CCC.CCC. The largest absolute Gasteiger partial charge is 0.0776 e. The van der Waals surface area contributed by atoms with Gasteiger partial charge < -0.3 is 0 Å². The van der Waals surface area contributed by atoms with Crippen molar-refractivity contribution in [3.05, 3.63) is 0 Å². The minimum absolute atomic E-state index is 0. The molecule has 0 rings (SSSR count). The normalized spacial score (nSPS) is 3.43. The van der Waals surface area contributed by atoms with E-state index in [1.807, 2.05) is 27.7 Å². The summed E-state index contributed by atoms with van der Waals surface area (Å²) in [5.41, 5.74) is 0. The molecule has 0 aliphatic rings. The molecule has 0 radical (unpaired) electrons. The molecule has 0 aromatic heterocycles. The number of rotatable bonds is 0. The first-order valence-corrected chi connectivity index (χ1v) is 4.83. The van der Waals surface area contributed by atoms with Crippen LogP contribution >= 0.6 is 0 Å². The van der Waals surface area contributed by atoms with Crippen molar-refractivity contribution in [2.45, 2.75) is 97.9 Å². The zero-order valence-electron chi connectivity index (χ0n) is 9.41. The third-order valence-corrected chi connectivity index (χ3v) is 0. The summed E-state index contributed by atoms with van der Waals surface area (Å²) < 4.78 is 0. The summed E-state index contributed by atoms with van der Waals surface area (Å²) in [6.45, 7) is 16.5. The molecule has 0 atom stereocenters. The van der Waals surface area contributed by atoms with Gasteiger partial charge in [0.15, 0.2) is 0 Å². The Morgan fingerprint density at radius 2 is 0.429 bits per heavy atom. The third kappa shape index (κ3) is 0. The molecule has 0 nitrogen and oxygen atoms in total. The van der Waals surface area contributed by atoms with Crippen LogP contribution in [0, 0.1) is 0 Å². The first-order chi connectivity index (χ1) is 4.83. The summed E-state index contributed by atoms with van der Waals surface area (Å²) in [6, 6.07) is 0. The molecule has 100 valence electrons. The van der Waals surface area contributed by atoms with E-state index in [1.165, 1.54) is 12.8 Å². The third-order valence-electron chi connectivity index (χ3n) is 0. The molecule has 0 unspecified atom stereocenters. The Morgan fingerprint density at radius 3 is 0.429 bits per heavy atom. The lowest BCUT2D eigenvalue weighted by molar-refractivity contribution is 1.09. The van der Waals surface area contributed by atoms with E-state index in [4.69, 9.17) is 0 Å². The van der Waals surface area contributed by atoms with Crippen LogP contribution in [-0.4, -0.2) is 0 Å². The zero-order chi connectivity index (χ0) is 9.41. The highest BCUT2D eigenvalue weighted by Gasteiger charge is 1.36. The van der Waals surface area contributed by atoms with Gasteiger partial charge in [0.2, 0.25) is 0 Å². The second-order valence-electron chi connectivity index (χ2n) is 1.41. The van der Waals surface area contributed by atoms with Crippen LogP contribution in [0.25, 0.3) is 0 Å². The van der Waals surface area contributed by atoms with Crippen LogP contribution < -0.4 is 0 Å². The standard InChI is InChI=1S/2C3H8.2C2H6.4CH4/c2*1-3-2;2*1-2;;;;/h2*3H2,1-2H3;2*1-2H3;4*1H4. The van der Waals surface area contributed by atoms with Crippen molar-refractivity contribution in [1.82, 2.24) is 0 Å². The molecular weight excluding hydrogens is 168 g/mol. The average Bonchev–Trinajstić information content (AvgIpc) is 1.99. The molecule has 0 aliphatic heterocycles. The molecule has 0 aromatic rings. The molecule has 0 saturated heterocycles. The predicted octanol–water partition coefficient (Wildman–Crippen LogP) is 7.43. The van der Waals surface area contributed by atoms with Crippen molar-refractivity contribution < 1.29 is 0 Å². The molecule has 0 heterocycles. The van der Waals surface area contributed by atoms with Gasteiger partial charge in [0.25, 0.3) is 0 Å². The van der Waals surface area contributed by atoms with Crippen molar-refractivity contribution in [3.63, 3.8) is 0 Å². The van der Waals surface area contributed by atoms with E-state index in [0.717, 1.165) is 0 Å². The molecule has 0 aliphatic carbocycles. The first kappa shape index (κ1) is 65.7. The van der Waals surface area contributed by atoms with Crippen LogP contribution in [0.1, 0.15) is 97.9 Å². The highest BCUT2D eigenvalue weighted by molar-refractivity contribution is 3.92. The minimum atomic E-state index is 0. The van der Waals surface area contributed by atoms with E-state index < -0.39 is 0 Å². The van der Waals surface area contributed by atoms with Gasteiger partial charge in [-0.1, -0.05) is 97.9 Å². The molecule has 0 heteroatoms. The van der Waals surface area contributed by atoms with Gasteiger partial charge in [-0.25, -0.2) is 0 Å². The topological polar surface area (TPSA) is 0 Å². The zero-order valence-corrected chi connectivity index (χ0v) is 9.41. The lowest BCUT2D eigenvalue weighted by atomic mass is 10.6. The van der Waals surface area contributed by atoms with E-state index in [0.29, 0.717) is 0 Å². The molecule has 14 heavy (non-hydrogen) atoms. The van der Waals surface area contributed by atoms with Crippen LogP contribution in [-0.2, 0) is 0 Å². The van der Waals surface area contributed by atoms with Gasteiger partial charge >= 0.3 is 0 Å². The van der Waals surface area contributed by atoms with Crippen LogP contribution in [0.4, 0.5) is 0 Å². The maximum atomic E-state index is 2.12. The Balaban J connectivity index is -0.00000000530. The maximum Gasteiger partial charge on any atom is -0.0590 e. The number of hydrogen-bond donors (Lipinski definition) is 0. The fourth-order valence-corrected chi connectivity index (χ4v) is 0.